The van der Waals surface area contributed by atoms with Crippen molar-refractivity contribution in [3.05, 3.63) is 29.8 Å². The Kier molecular flexibility index (Phi) is 6.20. The largest absolute Gasteiger partial charge is 0.331 e. The highest BCUT2D eigenvalue weighted by atomic mass is 16.2. The maximum absolute atomic E-state index is 12.3. The van der Waals surface area contributed by atoms with E-state index >= 15 is 0 Å². The topological polar surface area (TPSA) is 49.4 Å². The molecule has 0 spiro atoms. The van der Waals surface area contributed by atoms with Gasteiger partial charge >= 0.3 is 0 Å². The summed E-state index contributed by atoms with van der Waals surface area (Å²) in [4.78, 5) is 25.9. The first-order chi connectivity index (χ1) is 11.0. The van der Waals surface area contributed by atoms with Crippen molar-refractivity contribution in [1.82, 2.24) is 4.90 Å². The van der Waals surface area contributed by atoms with E-state index in [0.29, 0.717) is 5.92 Å². The smallest absolute Gasteiger partial charge is 0.244 e. The quantitative estimate of drug-likeness (QED) is 0.895. The van der Waals surface area contributed by atoms with Crippen molar-refractivity contribution in [3.63, 3.8) is 0 Å². The Hall–Kier alpha value is -1.84. The average Bonchev–Trinajstić information content (AvgIpc) is 2.53. The Morgan fingerprint density at radius 2 is 1.74 bits per heavy atom. The fourth-order valence-corrected chi connectivity index (χ4v) is 3.20. The van der Waals surface area contributed by atoms with Crippen LogP contribution in [0.25, 0.3) is 0 Å². The molecule has 1 aromatic rings. The third-order valence-corrected chi connectivity index (χ3v) is 4.59. The van der Waals surface area contributed by atoms with E-state index < -0.39 is 0 Å². The minimum atomic E-state index is -0.122. The molecule has 1 saturated carbocycles. The van der Waals surface area contributed by atoms with Crippen LogP contribution >= 0.6 is 0 Å². The predicted octanol–water partition coefficient (Wildman–Crippen LogP) is 3.93. The van der Waals surface area contributed by atoms with Crippen molar-refractivity contribution >= 4 is 17.5 Å². The van der Waals surface area contributed by atoms with E-state index in [1.54, 1.807) is 11.8 Å². The second-order valence-electron chi connectivity index (χ2n) is 6.76. The van der Waals surface area contributed by atoms with Gasteiger partial charge < -0.3 is 10.2 Å². The highest BCUT2D eigenvalue weighted by Crippen LogP contribution is 2.23. The van der Waals surface area contributed by atoms with Gasteiger partial charge in [-0.2, -0.15) is 0 Å². The van der Waals surface area contributed by atoms with Crippen LogP contribution in [0.5, 0.6) is 0 Å². The number of hydrogen-bond acceptors (Lipinski definition) is 2. The van der Waals surface area contributed by atoms with Gasteiger partial charge in [0.2, 0.25) is 11.8 Å². The Morgan fingerprint density at radius 1 is 1.13 bits per heavy atom. The summed E-state index contributed by atoms with van der Waals surface area (Å²) in [6, 6.07) is 8.13. The number of nitrogens with zero attached hydrogens (tertiary/aromatic N) is 1. The molecule has 1 aliphatic rings. The van der Waals surface area contributed by atoms with Gasteiger partial charge in [0.1, 0.15) is 6.54 Å². The van der Waals surface area contributed by atoms with E-state index in [0.717, 1.165) is 31.4 Å². The highest BCUT2D eigenvalue weighted by molar-refractivity contribution is 5.94. The fourth-order valence-electron chi connectivity index (χ4n) is 3.20. The molecule has 2 amide bonds. The Bertz CT molecular complexity index is 531. The molecule has 126 valence electrons. The maximum Gasteiger partial charge on any atom is 0.244 e. The molecule has 0 aliphatic heterocycles. The Morgan fingerprint density at radius 3 is 2.26 bits per heavy atom. The summed E-state index contributed by atoms with van der Waals surface area (Å²) in [5, 5.41) is 2.90. The number of hydrogen-bond donors (Lipinski definition) is 1. The molecule has 1 fully saturated rings. The van der Waals surface area contributed by atoms with Crippen LogP contribution in [0.3, 0.4) is 0 Å². The normalized spacial score (nSPS) is 15.5. The third-order valence-electron chi connectivity index (χ3n) is 4.59. The number of carbonyl (C=O) groups excluding carboxylic acids is 2. The first kappa shape index (κ1) is 17.5. The SMILES string of the molecule is CC(=O)N(CC(=O)Nc1ccc(C(C)C)cc1)C1CCCCC1. The summed E-state index contributed by atoms with van der Waals surface area (Å²) >= 11 is 0. The van der Waals surface area contributed by atoms with Crippen LogP contribution in [0, 0.1) is 0 Å². The zero-order valence-electron chi connectivity index (χ0n) is 14.5. The van der Waals surface area contributed by atoms with Gasteiger partial charge in [0.15, 0.2) is 0 Å². The van der Waals surface area contributed by atoms with E-state index in [-0.39, 0.29) is 24.4 Å². The minimum Gasteiger partial charge on any atom is -0.331 e. The van der Waals surface area contributed by atoms with E-state index in [1.165, 1.54) is 12.0 Å². The summed E-state index contributed by atoms with van der Waals surface area (Å²) in [5.74, 6) is 0.338. The second-order valence-corrected chi connectivity index (χ2v) is 6.76. The van der Waals surface area contributed by atoms with Crippen molar-refractivity contribution in [3.8, 4) is 0 Å². The molecular weight excluding hydrogens is 288 g/mol. The van der Waals surface area contributed by atoms with Crippen LogP contribution in [0.2, 0.25) is 0 Å². The van der Waals surface area contributed by atoms with Crippen LogP contribution in [-0.2, 0) is 9.59 Å². The maximum atomic E-state index is 12.3. The molecule has 4 heteroatoms. The van der Waals surface area contributed by atoms with Crippen LogP contribution in [0.4, 0.5) is 5.69 Å². The predicted molar refractivity (Wildman–Crippen MR) is 93.4 cm³/mol. The lowest BCUT2D eigenvalue weighted by Gasteiger charge is -2.33. The van der Waals surface area contributed by atoms with Crippen LogP contribution in [-0.4, -0.2) is 29.3 Å². The lowest BCUT2D eigenvalue weighted by Crippen LogP contribution is -2.44. The van der Waals surface area contributed by atoms with Gasteiger partial charge in [-0.15, -0.1) is 0 Å². The van der Waals surface area contributed by atoms with Crippen LogP contribution in [0.15, 0.2) is 24.3 Å². The number of anilines is 1. The molecule has 1 aliphatic carbocycles. The third kappa shape index (κ3) is 5.08. The lowest BCUT2D eigenvalue weighted by molar-refractivity contribution is -0.135. The zero-order chi connectivity index (χ0) is 16.8. The van der Waals surface area contributed by atoms with Gasteiger partial charge in [-0.25, -0.2) is 0 Å². The van der Waals surface area contributed by atoms with Gasteiger partial charge in [-0.1, -0.05) is 45.2 Å². The van der Waals surface area contributed by atoms with E-state index in [9.17, 15) is 9.59 Å². The molecule has 1 aromatic carbocycles. The number of carbonyl (C=O) groups is 2. The minimum absolute atomic E-state index is 0.0118. The van der Waals surface area contributed by atoms with Crippen LogP contribution in [0.1, 0.15) is 64.4 Å². The standard InChI is InChI=1S/C19H28N2O2/c1-14(2)16-9-11-17(12-10-16)20-19(23)13-21(15(3)22)18-7-5-4-6-8-18/h9-12,14,18H,4-8,13H2,1-3H3,(H,20,23). The molecule has 0 bridgehead atoms. The molecule has 1 N–H and O–H groups in total. The fraction of sp³-hybridized carbons (Fsp3) is 0.579. The summed E-state index contributed by atoms with van der Waals surface area (Å²) in [5.41, 5.74) is 2.03. The lowest BCUT2D eigenvalue weighted by atomic mass is 9.94. The Labute approximate surface area is 139 Å². The molecule has 0 unspecified atom stereocenters. The van der Waals surface area contributed by atoms with Gasteiger partial charge in [0, 0.05) is 18.7 Å². The van der Waals surface area contributed by atoms with Crippen molar-refractivity contribution in [2.45, 2.75) is 64.8 Å². The molecule has 0 saturated heterocycles. The Balaban J connectivity index is 1.94. The number of benzene rings is 1. The number of nitrogens with one attached hydrogen (secondary N) is 1. The first-order valence-corrected chi connectivity index (χ1v) is 8.64. The molecule has 0 radical (unpaired) electrons. The van der Waals surface area contributed by atoms with Gasteiger partial charge in [-0.05, 0) is 36.5 Å². The summed E-state index contributed by atoms with van der Waals surface area (Å²) in [6.45, 7) is 5.98. The van der Waals surface area contributed by atoms with Crippen molar-refractivity contribution in [2.75, 3.05) is 11.9 Å². The van der Waals surface area contributed by atoms with Crippen molar-refractivity contribution in [2.24, 2.45) is 0 Å². The van der Waals surface area contributed by atoms with Gasteiger partial charge in [0.05, 0.1) is 0 Å². The average molecular weight is 316 g/mol. The molecule has 0 aromatic heterocycles. The molecular formula is C19H28N2O2. The van der Waals surface area contributed by atoms with E-state index in [2.05, 4.69) is 19.2 Å². The summed E-state index contributed by atoms with van der Waals surface area (Å²) < 4.78 is 0. The first-order valence-electron chi connectivity index (χ1n) is 8.64. The second kappa shape index (κ2) is 8.14. The zero-order valence-corrected chi connectivity index (χ0v) is 14.5. The van der Waals surface area contributed by atoms with Gasteiger partial charge in [0.25, 0.3) is 0 Å². The molecule has 0 heterocycles. The summed E-state index contributed by atoms with van der Waals surface area (Å²) in [6.07, 6.45) is 5.54. The van der Waals surface area contributed by atoms with Crippen LogP contribution < -0.4 is 5.32 Å². The van der Waals surface area contributed by atoms with E-state index in [1.807, 2.05) is 24.3 Å². The molecule has 4 nitrogen and oxygen atoms in total. The van der Waals surface area contributed by atoms with Gasteiger partial charge in [-0.3, -0.25) is 9.59 Å². The summed E-state index contributed by atoms with van der Waals surface area (Å²) in [7, 11) is 0. The monoisotopic (exact) mass is 316 g/mol. The molecule has 2 rings (SSSR count). The number of amides is 2. The molecule has 23 heavy (non-hydrogen) atoms. The highest BCUT2D eigenvalue weighted by Gasteiger charge is 2.25. The number of rotatable bonds is 5. The van der Waals surface area contributed by atoms with Crippen molar-refractivity contribution < 1.29 is 9.59 Å². The van der Waals surface area contributed by atoms with E-state index in [4.69, 9.17) is 0 Å². The van der Waals surface area contributed by atoms with Crippen molar-refractivity contribution in [1.29, 1.82) is 0 Å². The molecule has 0 atom stereocenters.